The van der Waals surface area contributed by atoms with Crippen LogP contribution < -0.4 is 10.1 Å². The molecule has 1 aromatic carbocycles. The number of phenolic OH excluding ortho intramolecular Hbond substituents is 1. The van der Waals surface area contributed by atoms with Crippen LogP contribution in [0.1, 0.15) is 18.4 Å². The molecule has 88 valence electrons. The molecule has 2 N–H and O–H groups in total. The molecular weight excluding hydrogens is 209 g/mol. The fraction of sp³-hybridized carbons (Fsp3) is 0.500. The first-order valence-corrected chi connectivity index (χ1v) is 5.49. The Balaban J connectivity index is 2.18. The Morgan fingerprint density at radius 2 is 2.38 bits per heavy atom. The number of hydrogen-bond donors (Lipinski definition) is 2. The molecule has 0 amide bonds. The largest absolute Gasteiger partial charge is 0.508 e. The Morgan fingerprint density at radius 3 is 3.00 bits per heavy atom. The van der Waals surface area contributed by atoms with E-state index in [1.165, 1.54) is 7.11 Å². The van der Waals surface area contributed by atoms with Gasteiger partial charge in [-0.1, -0.05) is 0 Å². The topological polar surface area (TPSA) is 41.5 Å². The van der Waals surface area contributed by atoms with E-state index in [-0.39, 0.29) is 11.5 Å². The number of phenols is 1. The van der Waals surface area contributed by atoms with Crippen LogP contribution in [-0.4, -0.2) is 24.8 Å². The first-order valence-electron chi connectivity index (χ1n) is 5.49. The molecule has 1 atom stereocenters. The minimum atomic E-state index is -0.525. The second-order valence-corrected chi connectivity index (χ2v) is 4.11. The summed E-state index contributed by atoms with van der Waals surface area (Å²) in [4.78, 5) is 0. The average Bonchev–Trinajstić information content (AvgIpc) is 2.75. The van der Waals surface area contributed by atoms with Crippen LogP contribution in [0.3, 0.4) is 0 Å². The molecule has 16 heavy (non-hydrogen) atoms. The average molecular weight is 225 g/mol. The summed E-state index contributed by atoms with van der Waals surface area (Å²) in [7, 11) is 1.42. The molecule has 1 aliphatic heterocycles. The number of halogens is 1. The maximum absolute atomic E-state index is 13.2. The molecule has 3 nitrogen and oxygen atoms in total. The predicted octanol–water partition coefficient (Wildman–Crippen LogP) is 1.83. The van der Waals surface area contributed by atoms with E-state index in [4.69, 9.17) is 4.74 Å². The van der Waals surface area contributed by atoms with Crippen molar-refractivity contribution in [3.05, 3.63) is 23.5 Å². The van der Waals surface area contributed by atoms with Gasteiger partial charge in [-0.2, -0.15) is 0 Å². The normalized spacial score (nSPS) is 20.0. The van der Waals surface area contributed by atoms with Gasteiger partial charge in [0.2, 0.25) is 0 Å². The van der Waals surface area contributed by atoms with Crippen molar-refractivity contribution in [3.8, 4) is 11.5 Å². The zero-order valence-electron chi connectivity index (χ0n) is 9.29. The summed E-state index contributed by atoms with van der Waals surface area (Å²) in [5.41, 5.74) is 0.734. The van der Waals surface area contributed by atoms with Gasteiger partial charge in [-0.3, -0.25) is 0 Å². The lowest BCUT2D eigenvalue weighted by molar-refractivity contribution is 0.380. The van der Waals surface area contributed by atoms with Crippen molar-refractivity contribution < 1.29 is 14.2 Å². The van der Waals surface area contributed by atoms with E-state index in [0.29, 0.717) is 12.5 Å². The minimum Gasteiger partial charge on any atom is -0.508 e. The molecule has 0 aliphatic carbocycles. The molecule has 0 radical (unpaired) electrons. The van der Waals surface area contributed by atoms with E-state index in [2.05, 4.69) is 5.32 Å². The van der Waals surface area contributed by atoms with Crippen LogP contribution in [0.25, 0.3) is 0 Å². The lowest BCUT2D eigenvalue weighted by atomic mass is 10.0. The van der Waals surface area contributed by atoms with Crippen LogP contribution >= 0.6 is 0 Å². The molecule has 1 heterocycles. The number of ether oxygens (including phenoxy) is 1. The summed E-state index contributed by atoms with van der Waals surface area (Å²) in [6.45, 7) is 1.02. The smallest absolute Gasteiger partial charge is 0.168 e. The summed E-state index contributed by atoms with van der Waals surface area (Å²) in [5, 5.41) is 13.0. The van der Waals surface area contributed by atoms with Gasteiger partial charge in [0.15, 0.2) is 11.6 Å². The molecule has 0 bridgehead atoms. The molecule has 1 saturated heterocycles. The number of aromatic hydroxyl groups is 1. The van der Waals surface area contributed by atoms with Crippen molar-refractivity contribution >= 4 is 0 Å². The lowest BCUT2D eigenvalue weighted by Gasteiger charge is -2.13. The molecule has 2 rings (SSSR count). The molecule has 1 fully saturated rings. The highest BCUT2D eigenvalue weighted by atomic mass is 19.1. The zero-order chi connectivity index (χ0) is 11.5. The third-order valence-corrected chi connectivity index (χ3v) is 2.98. The number of methoxy groups -OCH3 is 1. The lowest BCUT2D eigenvalue weighted by Crippen LogP contribution is -2.23. The highest BCUT2D eigenvalue weighted by Crippen LogP contribution is 2.28. The van der Waals surface area contributed by atoms with Crippen molar-refractivity contribution in [2.24, 2.45) is 0 Å². The summed E-state index contributed by atoms with van der Waals surface area (Å²) < 4.78 is 18.1. The molecule has 0 spiro atoms. The quantitative estimate of drug-likeness (QED) is 0.824. The molecule has 0 saturated carbocycles. The van der Waals surface area contributed by atoms with Gasteiger partial charge in [-0.05, 0) is 37.4 Å². The van der Waals surface area contributed by atoms with Crippen molar-refractivity contribution in [2.75, 3.05) is 13.7 Å². The Morgan fingerprint density at radius 1 is 1.56 bits per heavy atom. The van der Waals surface area contributed by atoms with Gasteiger partial charge in [0.25, 0.3) is 0 Å². The predicted molar refractivity (Wildman–Crippen MR) is 59.3 cm³/mol. The van der Waals surface area contributed by atoms with Gasteiger partial charge in [-0.15, -0.1) is 0 Å². The first-order chi connectivity index (χ1) is 7.70. The Bertz CT molecular complexity index is 376. The van der Waals surface area contributed by atoms with Crippen molar-refractivity contribution in [3.63, 3.8) is 0 Å². The van der Waals surface area contributed by atoms with E-state index in [1.807, 2.05) is 0 Å². The van der Waals surface area contributed by atoms with Crippen molar-refractivity contribution in [1.29, 1.82) is 0 Å². The fourth-order valence-electron chi connectivity index (χ4n) is 2.10. The van der Waals surface area contributed by atoms with Gasteiger partial charge in [0, 0.05) is 12.1 Å². The molecule has 4 heteroatoms. The Hall–Kier alpha value is -1.29. The second kappa shape index (κ2) is 4.70. The molecule has 1 unspecified atom stereocenters. The van der Waals surface area contributed by atoms with Gasteiger partial charge in [0.1, 0.15) is 5.75 Å². The molecular formula is C12H16FNO2. The number of hydrogen-bond acceptors (Lipinski definition) is 3. The van der Waals surface area contributed by atoms with Crippen LogP contribution in [0.5, 0.6) is 11.5 Å². The number of nitrogens with one attached hydrogen (secondary N) is 1. The van der Waals surface area contributed by atoms with E-state index in [9.17, 15) is 9.50 Å². The molecule has 1 aliphatic rings. The summed E-state index contributed by atoms with van der Waals surface area (Å²) in [6, 6.07) is 3.06. The zero-order valence-corrected chi connectivity index (χ0v) is 9.29. The van der Waals surface area contributed by atoms with Gasteiger partial charge >= 0.3 is 0 Å². The second-order valence-electron chi connectivity index (χ2n) is 4.11. The third-order valence-electron chi connectivity index (χ3n) is 2.98. The maximum Gasteiger partial charge on any atom is 0.168 e. The summed E-state index contributed by atoms with van der Waals surface area (Å²) >= 11 is 0. The van der Waals surface area contributed by atoms with E-state index in [0.717, 1.165) is 31.0 Å². The number of rotatable bonds is 3. The standard InChI is InChI=1S/C12H16FNO2/c1-16-12-6-8(11(15)7-10(12)13)5-9-3-2-4-14-9/h6-7,9,14-15H,2-5H2,1H3. The Kier molecular flexibility index (Phi) is 3.29. The van der Waals surface area contributed by atoms with Gasteiger partial charge in [-0.25, -0.2) is 4.39 Å². The van der Waals surface area contributed by atoms with Gasteiger partial charge in [0.05, 0.1) is 7.11 Å². The van der Waals surface area contributed by atoms with E-state index >= 15 is 0 Å². The SMILES string of the molecule is COc1cc(CC2CCCN2)c(O)cc1F. The van der Waals surface area contributed by atoms with Crippen molar-refractivity contribution in [2.45, 2.75) is 25.3 Å². The monoisotopic (exact) mass is 225 g/mol. The van der Waals surface area contributed by atoms with Crippen LogP contribution in [0.4, 0.5) is 4.39 Å². The summed E-state index contributed by atoms with van der Waals surface area (Å²) in [5.74, 6) is -0.332. The van der Waals surface area contributed by atoms with Crippen LogP contribution in [0, 0.1) is 5.82 Å². The number of benzene rings is 1. The van der Waals surface area contributed by atoms with Crippen LogP contribution in [-0.2, 0) is 6.42 Å². The minimum absolute atomic E-state index is 0.00648. The highest BCUT2D eigenvalue weighted by Gasteiger charge is 2.17. The van der Waals surface area contributed by atoms with Crippen LogP contribution in [0.15, 0.2) is 12.1 Å². The van der Waals surface area contributed by atoms with Crippen molar-refractivity contribution in [1.82, 2.24) is 5.32 Å². The molecule has 0 aromatic heterocycles. The Labute approximate surface area is 94.2 Å². The summed E-state index contributed by atoms with van der Waals surface area (Å²) in [6.07, 6.45) is 2.96. The third kappa shape index (κ3) is 2.27. The highest BCUT2D eigenvalue weighted by molar-refractivity contribution is 5.41. The van der Waals surface area contributed by atoms with Gasteiger partial charge < -0.3 is 15.2 Å². The van der Waals surface area contributed by atoms with E-state index in [1.54, 1.807) is 6.07 Å². The fourth-order valence-corrected chi connectivity index (χ4v) is 2.10. The van der Waals surface area contributed by atoms with E-state index < -0.39 is 5.82 Å². The molecule has 1 aromatic rings. The first kappa shape index (κ1) is 11.2. The van der Waals surface area contributed by atoms with Crippen LogP contribution in [0.2, 0.25) is 0 Å². The maximum atomic E-state index is 13.2.